The van der Waals surface area contributed by atoms with Gasteiger partial charge in [-0.05, 0) is 24.3 Å². The van der Waals surface area contributed by atoms with Crippen LogP contribution in [0.3, 0.4) is 0 Å². The number of benzene rings is 2. The Bertz CT molecular complexity index is 544. The third-order valence-corrected chi connectivity index (χ3v) is 2.39. The van der Waals surface area contributed by atoms with Crippen molar-refractivity contribution in [1.29, 1.82) is 5.26 Å². The highest BCUT2D eigenvalue weighted by molar-refractivity contribution is 5.44. The molecule has 0 spiro atoms. The normalized spacial score (nSPS) is 9.65. The van der Waals surface area contributed by atoms with Crippen molar-refractivity contribution in [3.8, 4) is 17.6 Å². The van der Waals surface area contributed by atoms with Crippen LogP contribution in [0.5, 0.6) is 11.5 Å². The second-order valence-corrected chi connectivity index (χ2v) is 3.55. The van der Waals surface area contributed by atoms with Gasteiger partial charge in [0.25, 0.3) is 0 Å². The van der Waals surface area contributed by atoms with E-state index in [1.54, 1.807) is 12.1 Å². The van der Waals surface area contributed by atoms with Crippen molar-refractivity contribution in [2.24, 2.45) is 5.73 Å². The van der Waals surface area contributed by atoms with Crippen molar-refractivity contribution in [2.75, 3.05) is 0 Å². The number of hydrogen-bond donors (Lipinski definition) is 1. The molecule has 2 N–H and O–H groups in total. The summed E-state index contributed by atoms with van der Waals surface area (Å²) < 4.78 is 5.71. The molecule has 3 heteroatoms. The number of ether oxygens (including phenoxy) is 1. The van der Waals surface area contributed by atoms with Crippen LogP contribution in [-0.2, 0) is 6.54 Å². The van der Waals surface area contributed by atoms with E-state index < -0.39 is 0 Å². The lowest BCUT2D eigenvalue weighted by Crippen LogP contribution is -1.99. The minimum absolute atomic E-state index is 0.383. The average molecular weight is 224 g/mol. The first kappa shape index (κ1) is 11.2. The monoisotopic (exact) mass is 224 g/mol. The molecule has 0 unspecified atom stereocenters. The molecule has 0 fully saturated rings. The largest absolute Gasteiger partial charge is 0.457 e. The predicted molar refractivity (Wildman–Crippen MR) is 65.6 cm³/mol. The Hall–Kier alpha value is -2.31. The van der Waals surface area contributed by atoms with Crippen molar-refractivity contribution in [2.45, 2.75) is 6.54 Å². The van der Waals surface area contributed by atoms with Crippen LogP contribution in [0.25, 0.3) is 0 Å². The van der Waals surface area contributed by atoms with Gasteiger partial charge in [-0.25, -0.2) is 0 Å². The van der Waals surface area contributed by atoms with Crippen molar-refractivity contribution >= 4 is 0 Å². The molecule has 17 heavy (non-hydrogen) atoms. The van der Waals surface area contributed by atoms with Crippen LogP contribution in [-0.4, -0.2) is 0 Å². The summed E-state index contributed by atoms with van der Waals surface area (Å²) in [5, 5.41) is 8.85. The summed E-state index contributed by atoms with van der Waals surface area (Å²) in [6.45, 7) is 0.383. The third-order valence-electron chi connectivity index (χ3n) is 2.39. The smallest absolute Gasteiger partial charge is 0.133 e. The number of nitrogens with zero attached hydrogens (tertiary/aromatic N) is 1. The summed E-state index contributed by atoms with van der Waals surface area (Å²) in [7, 11) is 0. The molecule has 0 aliphatic carbocycles. The van der Waals surface area contributed by atoms with Gasteiger partial charge in [0.15, 0.2) is 0 Å². The SMILES string of the molecule is N#Cc1ccc(CN)c(Oc2ccccc2)c1. The molecule has 0 heterocycles. The minimum atomic E-state index is 0.383. The zero-order valence-corrected chi connectivity index (χ0v) is 9.26. The Balaban J connectivity index is 2.34. The lowest BCUT2D eigenvalue weighted by molar-refractivity contribution is 0.476. The highest BCUT2D eigenvalue weighted by Crippen LogP contribution is 2.26. The number of nitrogens with two attached hydrogens (primary N) is 1. The molecule has 0 bridgehead atoms. The van der Waals surface area contributed by atoms with Gasteiger partial charge in [-0.3, -0.25) is 0 Å². The summed E-state index contributed by atoms with van der Waals surface area (Å²) in [5.41, 5.74) is 7.08. The summed E-state index contributed by atoms with van der Waals surface area (Å²) >= 11 is 0. The van der Waals surface area contributed by atoms with Gasteiger partial charge in [0, 0.05) is 12.1 Å². The van der Waals surface area contributed by atoms with E-state index in [1.807, 2.05) is 36.4 Å². The molecule has 0 saturated heterocycles. The summed E-state index contributed by atoms with van der Waals surface area (Å²) in [4.78, 5) is 0. The van der Waals surface area contributed by atoms with Crippen LogP contribution in [0.1, 0.15) is 11.1 Å². The van der Waals surface area contributed by atoms with E-state index in [2.05, 4.69) is 6.07 Å². The third kappa shape index (κ3) is 2.63. The van der Waals surface area contributed by atoms with Gasteiger partial charge in [-0.2, -0.15) is 5.26 Å². The van der Waals surface area contributed by atoms with E-state index in [1.165, 1.54) is 0 Å². The summed E-state index contributed by atoms with van der Waals surface area (Å²) in [5.74, 6) is 1.37. The molecule has 84 valence electrons. The van der Waals surface area contributed by atoms with Gasteiger partial charge < -0.3 is 10.5 Å². The fourth-order valence-corrected chi connectivity index (χ4v) is 1.50. The maximum absolute atomic E-state index is 8.85. The van der Waals surface area contributed by atoms with E-state index in [9.17, 15) is 0 Å². The van der Waals surface area contributed by atoms with Crippen LogP contribution in [0.4, 0.5) is 0 Å². The first-order valence-electron chi connectivity index (χ1n) is 5.29. The average Bonchev–Trinajstić information content (AvgIpc) is 2.40. The summed E-state index contributed by atoms with van der Waals surface area (Å²) in [6, 6.07) is 16.8. The second kappa shape index (κ2) is 5.15. The Labute approximate surface area is 100 Å². The molecule has 0 aliphatic heterocycles. The van der Waals surface area contributed by atoms with Crippen molar-refractivity contribution in [3.05, 3.63) is 59.7 Å². The van der Waals surface area contributed by atoms with Gasteiger partial charge in [0.2, 0.25) is 0 Å². The molecule has 0 atom stereocenters. The Kier molecular flexibility index (Phi) is 3.39. The van der Waals surface area contributed by atoms with Crippen LogP contribution >= 0.6 is 0 Å². The highest BCUT2D eigenvalue weighted by atomic mass is 16.5. The standard InChI is InChI=1S/C14H12N2O/c15-9-11-6-7-12(10-16)14(8-11)17-13-4-2-1-3-5-13/h1-8H,10,16H2. The number of para-hydroxylation sites is 1. The molecule has 0 aliphatic rings. The lowest BCUT2D eigenvalue weighted by Gasteiger charge is -2.10. The summed E-state index contributed by atoms with van der Waals surface area (Å²) in [6.07, 6.45) is 0. The minimum Gasteiger partial charge on any atom is -0.457 e. The Morgan fingerprint density at radius 1 is 1.12 bits per heavy atom. The van der Waals surface area contributed by atoms with Gasteiger partial charge in [0.05, 0.1) is 11.6 Å². The topological polar surface area (TPSA) is 59.0 Å². The zero-order chi connectivity index (χ0) is 12.1. The molecule has 2 aromatic rings. The fraction of sp³-hybridized carbons (Fsp3) is 0.0714. The molecule has 3 nitrogen and oxygen atoms in total. The molecule has 2 aromatic carbocycles. The first-order valence-corrected chi connectivity index (χ1v) is 5.29. The van der Waals surface area contributed by atoms with Gasteiger partial charge >= 0.3 is 0 Å². The van der Waals surface area contributed by atoms with Crippen LogP contribution in [0.15, 0.2) is 48.5 Å². The highest BCUT2D eigenvalue weighted by Gasteiger charge is 2.05. The molecular weight excluding hydrogens is 212 g/mol. The Morgan fingerprint density at radius 3 is 2.53 bits per heavy atom. The first-order chi connectivity index (χ1) is 8.33. The number of nitriles is 1. The van der Waals surface area contributed by atoms with Gasteiger partial charge in [-0.1, -0.05) is 24.3 Å². The molecule has 0 aromatic heterocycles. The van der Waals surface area contributed by atoms with Crippen LogP contribution < -0.4 is 10.5 Å². The predicted octanol–water partition coefficient (Wildman–Crippen LogP) is 2.81. The second-order valence-electron chi connectivity index (χ2n) is 3.55. The van der Waals surface area contributed by atoms with E-state index in [4.69, 9.17) is 15.7 Å². The number of rotatable bonds is 3. The van der Waals surface area contributed by atoms with E-state index in [0.717, 1.165) is 11.3 Å². The molecule has 0 radical (unpaired) electrons. The lowest BCUT2D eigenvalue weighted by atomic mass is 10.1. The maximum Gasteiger partial charge on any atom is 0.133 e. The van der Waals surface area contributed by atoms with E-state index >= 15 is 0 Å². The molecule has 0 saturated carbocycles. The van der Waals surface area contributed by atoms with Crippen LogP contribution in [0.2, 0.25) is 0 Å². The van der Waals surface area contributed by atoms with Gasteiger partial charge in [0.1, 0.15) is 11.5 Å². The molecule has 2 rings (SSSR count). The molecule has 0 amide bonds. The molecular formula is C14H12N2O. The van der Waals surface area contributed by atoms with Crippen molar-refractivity contribution in [1.82, 2.24) is 0 Å². The Morgan fingerprint density at radius 2 is 1.88 bits per heavy atom. The van der Waals surface area contributed by atoms with Gasteiger partial charge in [-0.15, -0.1) is 0 Å². The quantitative estimate of drug-likeness (QED) is 0.872. The van der Waals surface area contributed by atoms with Crippen LogP contribution in [0, 0.1) is 11.3 Å². The van der Waals surface area contributed by atoms with E-state index in [-0.39, 0.29) is 0 Å². The van der Waals surface area contributed by atoms with E-state index in [0.29, 0.717) is 17.9 Å². The van der Waals surface area contributed by atoms with Crippen molar-refractivity contribution in [3.63, 3.8) is 0 Å². The fourth-order valence-electron chi connectivity index (χ4n) is 1.50. The zero-order valence-electron chi connectivity index (χ0n) is 9.26. The number of hydrogen-bond acceptors (Lipinski definition) is 3. The maximum atomic E-state index is 8.85. The van der Waals surface area contributed by atoms with Crippen molar-refractivity contribution < 1.29 is 4.74 Å².